The van der Waals surface area contributed by atoms with Gasteiger partial charge in [0.05, 0.1) is 12.6 Å². The molecule has 0 saturated carbocycles. The van der Waals surface area contributed by atoms with Crippen LogP contribution in [0.3, 0.4) is 0 Å². The van der Waals surface area contributed by atoms with E-state index in [4.69, 9.17) is 4.99 Å². The van der Waals surface area contributed by atoms with Gasteiger partial charge in [0, 0.05) is 30.1 Å². The SMILES string of the molecule is CCNC(=O)c1ccc(CN=C(NCC)NCC(c2cccs2)N2CCCC2)cc1. The molecule has 2 heterocycles. The van der Waals surface area contributed by atoms with Gasteiger partial charge in [0.2, 0.25) is 0 Å². The molecule has 1 aromatic carbocycles. The van der Waals surface area contributed by atoms with Crippen molar-refractivity contribution in [1.29, 1.82) is 0 Å². The molecule has 1 aliphatic rings. The van der Waals surface area contributed by atoms with Gasteiger partial charge in [0.25, 0.3) is 5.91 Å². The van der Waals surface area contributed by atoms with Gasteiger partial charge in [-0.1, -0.05) is 18.2 Å². The maximum absolute atomic E-state index is 11.9. The molecule has 0 aliphatic carbocycles. The van der Waals surface area contributed by atoms with Crippen LogP contribution in [-0.2, 0) is 6.54 Å². The Morgan fingerprint density at radius 1 is 1.07 bits per heavy atom. The van der Waals surface area contributed by atoms with Crippen LogP contribution in [0.2, 0.25) is 0 Å². The number of rotatable bonds is 9. The van der Waals surface area contributed by atoms with E-state index in [0.29, 0.717) is 24.7 Å². The zero-order chi connectivity index (χ0) is 21.2. The highest BCUT2D eigenvalue weighted by atomic mass is 32.1. The monoisotopic (exact) mass is 427 g/mol. The van der Waals surface area contributed by atoms with E-state index in [-0.39, 0.29) is 5.91 Å². The molecule has 1 saturated heterocycles. The van der Waals surface area contributed by atoms with Crippen molar-refractivity contribution in [2.24, 2.45) is 4.99 Å². The Balaban J connectivity index is 1.61. The van der Waals surface area contributed by atoms with Crippen LogP contribution in [0.15, 0.2) is 46.8 Å². The standard InChI is InChI=1S/C23H33N5OS/c1-3-24-22(29)19-11-9-18(10-12-19)16-26-23(25-4-2)27-17-20(21-8-7-15-30-21)28-13-5-6-14-28/h7-12,15,20H,3-6,13-14,16-17H2,1-2H3,(H,24,29)(H2,25,26,27). The normalized spacial score (nSPS) is 15.7. The number of hydrogen-bond donors (Lipinski definition) is 3. The van der Waals surface area contributed by atoms with Crippen molar-refractivity contribution >= 4 is 23.2 Å². The van der Waals surface area contributed by atoms with Crippen molar-refractivity contribution in [3.05, 3.63) is 57.8 Å². The van der Waals surface area contributed by atoms with Crippen LogP contribution in [0.4, 0.5) is 0 Å². The molecule has 3 N–H and O–H groups in total. The molecule has 1 unspecified atom stereocenters. The van der Waals surface area contributed by atoms with Crippen LogP contribution >= 0.6 is 11.3 Å². The summed E-state index contributed by atoms with van der Waals surface area (Å²) >= 11 is 1.83. The van der Waals surface area contributed by atoms with Crippen LogP contribution in [0.25, 0.3) is 0 Å². The quantitative estimate of drug-likeness (QED) is 0.424. The number of thiophene rings is 1. The van der Waals surface area contributed by atoms with E-state index >= 15 is 0 Å². The number of hydrogen-bond acceptors (Lipinski definition) is 4. The highest BCUT2D eigenvalue weighted by molar-refractivity contribution is 7.10. The smallest absolute Gasteiger partial charge is 0.251 e. The van der Waals surface area contributed by atoms with Crippen LogP contribution in [0.5, 0.6) is 0 Å². The lowest BCUT2D eigenvalue weighted by Crippen LogP contribution is -2.42. The highest BCUT2D eigenvalue weighted by Gasteiger charge is 2.24. The fourth-order valence-corrected chi connectivity index (χ4v) is 4.53. The first-order chi connectivity index (χ1) is 14.7. The lowest BCUT2D eigenvalue weighted by molar-refractivity contribution is 0.0956. The summed E-state index contributed by atoms with van der Waals surface area (Å²) in [6.07, 6.45) is 2.56. The number of benzene rings is 1. The number of nitrogens with one attached hydrogen (secondary N) is 3. The van der Waals surface area contributed by atoms with E-state index in [1.807, 2.05) is 42.5 Å². The van der Waals surface area contributed by atoms with Gasteiger partial charge in [-0.15, -0.1) is 11.3 Å². The Hall–Kier alpha value is -2.38. The third-order valence-corrected chi connectivity index (χ3v) is 6.21. The van der Waals surface area contributed by atoms with Gasteiger partial charge in [-0.05, 0) is 68.9 Å². The molecule has 1 aromatic heterocycles. The summed E-state index contributed by atoms with van der Waals surface area (Å²) in [7, 11) is 0. The fourth-order valence-electron chi connectivity index (χ4n) is 3.67. The first kappa shape index (κ1) is 22.3. The van der Waals surface area contributed by atoms with Gasteiger partial charge in [-0.25, -0.2) is 4.99 Å². The van der Waals surface area contributed by atoms with Crippen molar-refractivity contribution in [2.75, 3.05) is 32.7 Å². The Labute approximate surface area is 183 Å². The zero-order valence-corrected chi connectivity index (χ0v) is 18.8. The molecular formula is C23H33N5OS. The van der Waals surface area contributed by atoms with Crippen LogP contribution in [-0.4, -0.2) is 49.5 Å². The number of carbonyl (C=O) groups is 1. The number of likely N-dealkylation sites (tertiary alicyclic amines) is 1. The van der Waals surface area contributed by atoms with Gasteiger partial charge >= 0.3 is 0 Å². The summed E-state index contributed by atoms with van der Waals surface area (Å²) in [5, 5.41) is 11.9. The maximum atomic E-state index is 11.9. The topological polar surface area (TPSA) is 68.8 Å². The number of aliphatic imine (C=N–C) groups is 1. The van der Waals surface area contributed by atoms with Gasteiger partial charge in [0.15, 0.2) is 5.96 Å². The Bertz CT molecular complexity index is 798. The second kappa shape index (κ2) is 11.7. The largest absolute Gasteiger partial charge is 0.357 e. The molecular weight excluding hydrogens is 394 g/mol. The molecule has 1 fully saturated rings. The molecule has 30 heavy (non-hydrogen) atoms. The maximum Gasteiger partial charge on any atom is 0.251 e. The van der Waals surface area contributed by atoms with E-state index in [2.05, 4.69) is 45.3 Å². The average Bonchev–Trinajstić information content (AvgIpc) is 3.47. The third kappa shape index (κ3) is 6.31. The summed E-state index contributed by atoms with van der Waals surface area (Å²) in [6, 6.07) is 12.4. The van der Waals surface area contributed by atoms with Crippen LogP contribution in [0, 0.1) is 0 Å². The Kier molecular flexibility index (Phi) is 8.71. The van der Waals surface area contributed by atoms with Crippen molar-refractivity contribution in [3.63, 3.8) is 0 Å². The van der Waals surface area contributed by atoms with E-state index in [9.17, 15) is 4.79 Å². The minimum Gasteiger partial charge on any atom is -0.357 e. The summed E-state index contributed by atoms with van der Waals surface area (Å²) in [6.45, 7) is 9.17. The lowest BCUT2D eigenvalue weighted by Gasteiger charge is -2.27. The number of amides is 1. The van der Waals surface area contributed by atoms with Gasteiger partial charge < -0.3 is 16.0 Å². The first-order valence-corrected chi connectivity index (χ1v) is 11.8. The average molecular weight is 428 g/mol. The second-order valence-electron chi connectivity index (χ2n) is 7.41. The summed E-state index contributed by atoms with van der Waals surface area (Å²) < 4.78 is 0. The minimum atomic E-state index is -0.0379. The molecule has 1 aliphatic heterocycles. The fraction of sp³-hybridized carbons (Fsp3) is 0.478. The first-order valence-electron chi connectivity index (χ1n) is 10.9. The van der Waals surface area contributed by atoms with Crippen LogP contribution in [0.1, 0.15) is 53.5 Å². The Morgan fingerprint density at radius 2 is 1.80 bits per heavy atom. The second-order valence-corrected chi connectivity index (χ2v) is 8.39. The highest BCUT2D eigenvalue weighted by Crippen LogP contribution is 2.27. The van der Waals surface area contributed by atoms with E-state index in [0.717, 1.165) is 37.7 Å². The molecule has 6 nitrogen and oxygen atoms in total. The van der Waals surface area contributed by atoms with Gasteiger partial charge in [-0.3, -0.25) is 9.69 Å². The summed E-state index contributed by atoms with van der Waals surface area (Å²) in [5.41, 5.74) is 1.76. The van der Waals surface area contributed by atoms with Crippen LogP contribution < -0.4 is 16.0 Å². The molecule has 1 atom stereocenters. The van der Waals surface area contributed by atoms with Crippen molar-refractivity contribution < 1.29 is 4.79 Å². The van der Waals surface area contributed by atoms with Gasteiger partial charge in [0.1, 0.15) is 0 Å². The van der Waals surface area contributed by atoms with E-state index in [1.54, 1.807) is 0 Å². The number of guanidine groups is 1. The number of nitrogens with zero attached hydrogens (tertiary/aromatic N) is 2. The molecule has 162 valence electrons. The van der Waals surface area contributed by atoms with E-state index in [1.165, 1.54) is 17.7 Å². The molecule has 1 amide bonds. The molecule has 0 bridgehead atoms. The number of carbonyl (C=O) groups excluding carboxylic acids is 1. The lowest BCUT2D eigenvalue weighted by atomic mass is 10.1. The van der Waals surface area contributed by atoms with Crippen molar-refractivity contribution in [3.8, 4) is 0 Å². The summed E-state index contributed by atoms with van der Waals surface area (Å²) in [4.78, 5) is 20.6. The van der Waals surface area contributed by atoms with Crippen molar-refractivity contribution in [2.45, 2.75) is 39.3 Å². The molecule has 0 radical (unpaired) electrons. The molecule has 0 spiro atoms. The minimum absolute atomic E-state index is 0.0379. The predicted molar refractivity (Wildman–Crippen MR) is 125 cm³/mol. The predicted octanol–water partition coefficient (Wildman–Crippen LogP) is 3.39. The van der Waals surface area contributed by atoms with Crippen molar-refractivity contribution in [1.82, 2.24) is 20.9 Å². The third-order valence-electron chi connectivity index (χ3n) is 5.23. The van der Waals surface area contributed by atoms with E-state index < -0.39 is 0 Å². The molecule has 3 rings (SSSR count). The molecule has 7 heteroatoms. The Morgan fingerprint density at radius 3 is 2.43 bits per heavy atom. The summed E-state index contributed by atoms with van der Waals surface area (Å²) in [5.74, 6) is 0.787. The van der Waals surface area contributed by atoms with Gasteiger partial charge in [-0.2, -0.15) is 0 Å². The molecule has 2 aromatic rings. The zero-order valence-electron chi connectivity index (χ0n) is 18.0.